The first-order chi connectivity index (χ1) is 8.97. The van der Waals surface area contributed by atoms with Crippen molar-refractivity contribution in [3.8, 4) is 0 Å². The lowest BCUT2D eigenvalue weighted by molar-refractivity contribution is 0.565. The van der Waals surface area contributed by atoms with Crippen LogP contribution in [0.4, 0.5) is 8.78 Å². The van der Waals surface area contributed by atoms with Crippen molar-refractivity contribution in [3.63, 3.8) is 0 Å². The molecule has 2 aromatic carbocycles. The molecule has 0 aliphatic carbocycles. The van der Waals surface area contributed by atoms with Crippen LogP contribution >= 0.6 is 27.7 Å². The highest BCUT2D eigenvalue weighted by molar-refractivity contribution is 9.10. The van der Waals surface area contributed by atoms with Crippen LogP contribution in [-0.2, 0) is 0 Å². The smallest absolute Gasteiger partial charge is 0.140 e. The van der Waals surface area contributed by atoms with Gasteiger partial charge in [-0.1, -0.05) is 27.7 Å². The van der Waals surface area contributed by atoms with Crippen molar-refractivity contribution in [2.45, 2.75) is 9.79 Å². The van der Waals surface area contributed by atoms with Gasteiger partial charge in [-0.05, 0) is 30.3 Å². The van der Waals surface area contributed by atoms with Gasteiger partial charge in [-0.15, -0.1) is 0 Å². The summed E-state index contributed by atoms with van der Waals surface area (Å²) in [5.74, 6) is -1.36. The Hall–Kier alpha value is -1.40. The van der Waals surface area contributed by atoms with Gasteiger partial charge in [-0.2, -0.15) is 0 Å². The maximum absolute atomic E-state index is 13.6. The van der Waals surface area contributed by atoms with Crippen LogP contribution in [0.5, 0.6) is 0 Å². The molecule has 0 fully saturated rings. The molecule has 0 unspecified atom stereocenters. The van der Waals surface area contributed by atoms with Crippen LogP contribution < -0.4 is 5.73 Å². The van der Waals surface area contributed by atoms with Crippen molar-refractivity contribution in [2.75, 3.05) is 0 Å². The first kappa shape index (κ1) is 14.0. The molecule has 0 aliphatic rings. The summed E-state index contributed by atoms with van der Waals surface area (Å²) in [4.78, 5) is 0.924. The van der Waals surface area contributed by atoms with Gasteiger partial charge in [0.2, 0.25) is 0 Å². The number of nitrogens with one attached hydrogen (secondary N) is 1. The molecular formula is C13H9BrF2N2S. The molecule has 0 saturated heterocycles. The second-order valence-corrected chi connectivity index (χ2v) is 5.73. The summed E-state index contributed by atoms with van der Waals surface area (Å²) < 4.78 is 27.2. The largest absolute Gasteiger partial charge is 0.384 e. The number of rotatable bonds is 3. The Kier molecular flexibility index (Phi) is 4.21. The topological polar surface area (TPSA) is 49.9 Å². The molecule has 0 spiro atoms. The SMILES string of the molecule is N=C(N)c1cc(Br)ccc1Sc1ccc(F)cc1F. The fourth-order valence-electron chi connectivity index (χ4n) is 1.48. The minimum atomic E-state index is -0.637. The quantitative estimate of drug-likeness (QED) is 0.649. The van der Waals surface area contributed by atoms with E-state index in [2.05, 4.69) is 15.9 Å². The lowest BCUT2D eigenvalue weighted by Gasteiger charge is -2.09. The maximum Gasteiger partial charge on any atom is 0.140 e. The van der Waals surface area contributed by atoms with Crippen LogP contribution in [0, 0.1) is 17.0 Å². The van der Waals surface area contributed by atoms with Gasteiger partial charge in [0.1, 0.15) is 17.5 Å². The van der Waals surface area contributed by atoms with Crippen molar-refractivity contribution < 1.29 is 8.78 Å². The highest BCUT2D eigenvalue weighted by Gasteiger charge is 2.11. The third-order valence-corrected chi connectivity index (χ3v) is 3.97. The van der Waals surface area contributed by atoms with E-state index in [1.165, 1.54) is 12.1 Å². The maximum atomic E-state index is 13.6. The van der Waals surface area contributed by atoms with E-state index in [1.54, 1.807) is 18.2 Å². The fraction of sp³-hybridized carbons (Fsp3) is 0. The van der Waals surface area contributed by atoms with Crippen LogP contribution in [0.1, 0.15) is 5.56 Å². The molecule has 2 nitrogen and oxygen atoms in total. The average molecular weight is 343 g/mol. The molecule has 6 heteroatoms. The number of amidine groups is 1. The van der Waals surface area contributed by atoms with Gasteiger partial charge in [0.25, 0.3) is 0 Å². The Balaban J connectivity index is 2.40. The highest BCUT2D eigenvalue weighted by atomic mass is 79.9. The van der Waals surface area contributed by atoms with E-state index in [9.17, 15) is 8.78 Å². The summed E-state index contributed by atoms with van der Waals surface area (Å²) in [6, 6.07) is 8.57. The van der Waals surface area contributed by atoms with Crippen molar-refractivity contribution in [1.29, 1.82) is 5.41 Å². The molecule has 0 radical (unpaired) electrons. The zero-order valence-corrected chi connectivity index (χ0v) is 12.0. The summed E-state index contributed by atoms with van der Waals surface area (Å²) in [5, 5.41) is 7.52. The van der Waals surface area contributed by atoms with Gasteiger partial charge in [0.15, 0.2) is 0 Å². The molecular weight excluding hydrogens is 334 g/mol. The van der Waals surface area contributed by atoms with Crippen LogP contribution in [-0.4, -0.2) is 5.84 Å². The molecule has 98 valence electrons. The van der Waals surface area contributed by atoms with E-state index in [1.807, 2.05) is 0 Å². The first-order valence-corrected chi connectivity index (χ1v) is 6.85. The summed E-state index contributed by atoms with van der Waals surface area (Å²) >= 11 is 4.39. The second kappa shape index (κ2) is 5.71. The van der Waals surface area contributed by atoms with Crippen LogP contribution in [0.2, 0.25) is 0 Å². The van der Waals surface area contributed by atoms with Crippen molar-refractivity contribution in [1.82, 2.24) is 0 Å². The molecule has 19 heavy (non-hydrogen) atoms. The number of hydrogen-bond donors (Lipinski definition) is 2. The Morgan fingerprint density at radius 3 is 2.42 bits per heavy atom. The van der Waals surface area contributed by atoms with E-state index < -0.39 is 11.6 Å². The molecule has 0 bridgehead atoms. The van der Waals surface area contributed by atoms with Crippen LogP contribution in [0.3, 0.4) is 0 Å². The van der Waals surface area contributed by atoms with Gasteiger partial charge in [-0.3, -0.25) is 5.41 Å². The van der Waals surface area contributed by atoms with E-state index >= 15 is 0 Å². The van der Waals surface area contributed by atoms with Crippen molar-refractivity contribution in [3.05, 3.63) is 58.1 Å². The van der Waals surface area contributed by atoms with Gasteiger partial charge in [-0.25, -0.2) is 8.78 Å². The molecule has 0 aliphatic heterocycles. The number of nitrogens with two attached hydrogens (primary N) is 1. The van der Waals surface area contributed by atoms with E-state index in [-0.39, 0.29) is 10.7 Å². The highest BCUT2D eigenvalue weighted by Crippen LogP contribution is 2.33. The number of benzene rings is 2. The lowest BCUT2D eigenvalue weighted by Crippen LogP contribution is -2.12. The molecule has 2 rings (SSSR count). The molecule has 0 atom stereocenters. The molecule has 2 aromatic rings. The summed E-state index contributed by atoms with van der Waals surface area (Å²) in [7, 11) is 0. The Morgan fingerprint density at radius 2 is 1.79 bits per heavy atom. The average Bonchev–Trinajstić information content (AvgIpc) is 2.34. The van der Waals surface area contributed by atoms with E-state index in [4.69, 9.17) is 11.1 Å². The molecule has 0 heterocycles. The summed E-state index contributed by atoms with van der Waals surface area (Å²) in [6.45, 7) is 0. The van der Waals surface area contributed by atoms with Gasteiger partial charge in [0.05, 0.1) is 0 Å². The predicted octanol–water partition coefficient (Wildman–Crippen LogP) is 4.16. The van der Waals surface area contributed by atoms with Gasteiger partial charge < -0.3 is 5.73 Å². The molecule has 3 N–H and O–H groups in total. The summed E-state index contributed by atoms with van der Waals surface area (Å²) in [6.07, 6.45) is 0. The van der Waals surface area contributed by atoms with Crippen LogP contribution in [0.15, 0.2) is 50.7 Å². The zero-order chi connectivity index (χ0) is 14.0. The number of nitrogen functional groups attached to an aromatic ring is 1. The third-order valence-electron chi connectivity index (χ3n) is 2.35. The Bertz CT molecular complexity index is 647. The minimum absolute atomic E-state index is 0.105. The lowest BCUT2D eigenvalue weighted by atomic mass is 10.2. The normalized spacial score (nSPS) is 10.5. The summed E-state index contributed by atoms with van der Waals surface area (Å²) in [5.41, 5.74) is 6.00. The molecule has 0 saturated carbocycles. The fourth-order valence-corrected chi connectivity index (χ4v) is 2.78. The van der Waals surface area contributed by atoms with Crippen molar-refractivity contribution >= 4 is 33.5 Å². The van der Waals surface area contributed by atoms with Gasteiger partial charge in [0, 0.05) is 25.9 Å². The number of hydrogen-bond acceptors (Lipinski definition) is 2. The first-order valence-electron chi connectivity index (χ1n) is 5.24. The Labute approximate surface area is 121 Å². The number of halogens is 3. The van der Waals surface area contributed by atoms with E-state index in [0.29, 0.717) is 10.5 Å². The minimum Gasteiger partial charge on any atom is -0.384 e. The third kappa shape index (κ3) is 3.33. The monoisotopic (exact) mass is 342 g/mol. The van der Waals surface area contributed by atoms with Crippen molar-refractivity contribution in [2.24, 2.45) is 5.73 Å². The van der Waals surface area contributed by atoms with Gasteiger partial charge >= 0.3 is 0 Å². The Morgan fingerprint density at radius 1 is 1.11 bits per heavy atom. The standard InChI is InChI=1S/C13H9BrF2N2S/c14-7-1-3-11(9(5-7)13(17)18)19-12-4-2-8(15)6-10(12)16/h1-6H,(H3,17,18). The van der Waals surface area contributed by atoms with E-state index in [0.717, 1.165) is 22.3 Å². The zero-order valence-electron chi connectivity index (χ0n) is 9.58. The van der Waals surface area contributed by atoms with Crippen LogP contribution in [0.25, 0.3) is 0 Å². The molecule has 0 amide bonds. The molecule has 0 aromatic heterocycles. The second-order valence-electron chi connectivity index (χ2n) is 3.73. The predicted molar refractivity (Wildman–Crippen MR) is 75.6 cm³/mol.